The molecule has 2 unspecified atom stereocenters. The van der Waals surface area contributed by atoms with E-state index < -0.39 is 0 Å². The smallest absolute Gasteiger partial charge is 0.228 e. The van der Waals surface area contributed by atoms with Crippen molar-refractivity contribution in [2.75, 3.05) is 40.3 Å². The second kappa shape index (κ2) is 7.24. The van der Waals surface area contributed by atoms with Gasteiger partial charge >= 0.3 is 0 Å². The minimum atomic E-state index is 0.138. The van der Waals surface area contributed by atoms with Crippen molar-refractivity contribution in [1.29, 1.82) is 0 Å². The molecule has 1 aromatic heterocycles. The SMILES string of the molecule is Cc1cc(CC(=O)N2CC(C)N(CCN(C)C)C(C)C2)no1. The van der Waals surface area contributed by atoms with Gasteiger partial charge in [0.25, 0.3) is 0 Å². The molecule has 1 aromatic rings. The predicted octanol–water partition coefficient (Wildman–Crippen LogP) is 1.01. The van der Waals surface area contributed by atoms with Crippen molar-refractivity contribution in [3.8, 4) is 0 Å². The topological polar surface area (TPSA) is 52.8 Å². The van der Waals surface area contributed by atoms with Crippen LogP contribution in [0.1, 0.15) is 25.3 Å². The summed E-state index contributed by atoms with van der Waals surface area (Å²) in [6, 6.07) is 2.59. The Morgan fingerprint density at radius 1 is 1.36 bits per heavy atom. The molecule has 0 spiro atoms. The standard InChI is InChI=1S/C16H28N4O2/c1-12-10-19(11-13(2)20(12)7-6-18(4)5)16(21)9-15-8-14(3)22-17-15/h8,12-13H,6-7,9-11H2,1-5H3. The summed E-state index contributed by atoms with van der Waals surface area (Å²) in [5.74, 6) is 0.886. The third-order valence-electron chi connectivity index (χ3n) is 4.27. The third kappa shape index (κ3) is 4.30. The van der Waals surface area contributed by atoms with Crippen LogP contribution < -0.4 is 0 Å². The Kier molecular flexibility index (Phi) is 5.58. The molecule has 2 atom stereocenters. The van der Waals surface area contributed by atoms with Crippen molar-refractivity contribution >= 4 is 5.91 Å². The summed E-state index contributed by atoms with van der Waals surface area (Å²) in [5, 5.41) is 3.91. The van der Waals surface area contributed by atoms with E-state index in [1.54, 1.807) is 0 Å². The predicted molar refractivity (Wildman–Crippen MR) is 85.7 cm³/mol. The van der Waals surface area contributed by atoms with Gasteiger partial charge in [-0.15, -0.1) is 0 Å². The Morgan fingerprint density at radius 2 is 2.00 bits per heavy atom. The van der Waals surface area contributed by atoms with Gasteiger partial charge in [0.15, 0.2) is 0 Å². The quantitative estimate of drug-likeness (QED) is 0.812. The number of rotatable bonds is 5. The van der Waals surface area contributed by atoms with Gasteiger partial charge in [-0.3, -0.25) is 9.69 Å². The molecule has 6 nitrogen and oxygen atoms in total. The molecule has 0 N–H and O–H groups in total. The number of piperazine rings is 1. The molecule has 0 radical (unpaired) electrons. The minimum absolute atomic E-state index is 0.138. The molecule has 2 rings (SSSR count). The second-order valence-corrected chi connectivity index (χ2v) is 6.64. The van der Waals surface area contributed by atoms with Gasteiger partial charge in [-0.05, 0) is 34.9 Å². The van der Waals surface area contributed by atoms with Gasteiger partial charge in [-0.25, -0.2) is 0 Å². The van der Waals surface area contributed by atoms with Gasteiger partial charge in [0.2, 0.25) is 5.91 Å². The molecule has 1 aliphatic rings. The van der Waals surface area contributed by atoms with Crippen molar-refractivity contribution in [2.45, 2.75) is 39.3 Å². The molecule has 1 aliphatic heterocycles. The number of amides is 1. The van der Waals surface area contributed by atoms with E-state index in [9.17, 15) is 4.79 Å². The normalized spacial score (nSPS) is 23.3. The summed E-state index contributed by atoms with van der Waals surface area (Å²) in [6.45, 7) is 9.90. The molecule has 1 fully saturated rings. The summed E-state index contributed by atoms with van der Waals surface area (Å²) in [5.41, 5.74) is 0.720. The van der Waals surface area contributed by atoms with E-state index in [0.717, 1.165) is 37.6 Å². The first kappa shape index (κ1) is 17.0. The molecule has 1 amide bonds. The van der Waals surface area contributed by atoms with E-state index in [1.165, 1.54) is 0 Å². The highest BCUT2D eigenvalue weighted by molar-refractivity contribution is 5.78. The molecular formula is C16H28N4O2. The summed E-state index contributed by atoms with van der Waals surface area (Å²) in [6.07, 6.45) is 0.328. The zero-order valence-electron chi connectivity index (χ0n) is 14.4. The lowest BCUT2D eigenvalue weighted by molar-refractivity contribution is -0.135. The van der Waals surface area contributed by atoms with Gasteiger partial charge in [-0.2, -0.15) is 0 Å². The van der Waals surface area contributed by atoms with Gasteiger partial charge in [0, 0.05) is 44.3 Å². The lowest BCUT2D eigenvalue weighted by atomic mass is 10.1. The number of carbonyl (C=O) groups excluding carboxylic acids is 1. The largest absolute Gasteiger partial charge is 0.361 e. The molecular weight excluding hydrogens is 280 g/mol. The average Bonchev–Trinajstić information content (AvgIpc) is 2.82. The van der Waals surface area contributed by atoms with E-state index in [1.807, 2.05) is 17.9 Å². The van der Waals surface area contributed by atoms with E-state index in [-0.39, 0.29) is 5.91 Å². The summed E-state index contributed by atoms with van der Waals surface area (Å²) >= 11 is 0. The van der Waals surface area contributed by atoms with E-state index in [0.29, 0.717) is 18.5 Å². The van der Waals surface area contributed by atoms with Crippen molar-refractivity contribution in [2.24, 2.45) is 0 Å². The van der Waals surface area contributed by atoms with Crippen LogP contribution >= 0.6 is 0 Å². The van der Waals surface area contributed by atoms with Crippen LogP contribution in [0, 0.1) is 6.92 Å². The number of aromatic nitrogens is 1. The Hall–Kier alpha value is -1.40. The number of nitrogens with zero attached hydrogens (tertiary/aromatic N) is 4. The summed E-state index contributed by atoms with van der Waals surface area (Å²) in [7, 11) is 4.18. The van der Waals surface area contributed by atoms with Crippen LogP contribution in [0.4, 0.5) is 0 Å². The maximum Gasteiger partial charge on any atom is 0.228 e. The Balaban J connectivity index is 1.91. The highest BCUT2D eigenvalue weighted by atomic mass is 16.5. The zero-order chi connectivity index (χ0) is 16.3. The maximum atomic E-state index is 12.5. The molecule has 1 saturated heterocycles. The van der Waals surface area contributed by atoms with Crippen molar-refractivity contribution in [3.05, 3.63) is 17.5 Å². The molecule has 124 valence electrons. The highest BCUT2D eigenvalue weighted by Gasteiger charge is 2.31. The number of likely N-dealkylation sites (N-methyl/N-ethyl adjacent to an activating group) is 1. The second-order valence-electron chi connectivity index (χ2n) is 6.64. The minimum Gasteiger partial charge on any atom is -0.361 e. The van der Waals surface area contributed by atoms with Crippen LogP contribution in [0.5, 0.6) is 0 Å². The maximum absolute atomic E-state index is 12.5. The van der Waals surface area contributed by atoms with Crippen LogP contribution in [0.15, 0.2) is 10.6 Å². The van der Waals surface area contributed by atoms with Gasteiger partial charge < -0.3 is 14.3 Å². The van der Waals surface area contributed by atoms with Crippen molar-refractivity contribution in [1.82, 2.24) is 19.9 Å². The third-order valence-corrected chi connectivity index (χ3v) is 4.27. The van der Waals surface area contributed by atoms with Crippen molar-refractivity contribution in [3.63, 3.8) is 0 Å². The van der Waals surface area contributed by atoms with Crippen LogP contribution in [-0.2, 0) is 11.2 Å². The number of aryl methyl sites for hydroxylation is 1. The van der Waals surface area contributed by atoms with Gasteiger partial charge in [0.05, 0.1) is 12.1 Å². The fourth-order valence-electron chi connectivity index (χ4n) is 3.08. The van der Waals surface area contributed by atoms with Crippen molar-refractivity contribution < 1.29 is 9.32 Å². The molecule has 0 aromatic carbocycles. The van der Waals surface area contributed by atoms with Crippen LogP contribution in [0.2, 0.25) is 0 Å². The van der Waals surface area contributed by atoms with E-state index in [4.69, 9.17) is 4.52 Å². The average molecular weight is 308 g/mol. The first-order chi connectivity index (χ1) is 10.4. The van der Waals surface area contributed by atoms with Gasteiger partial charge in [0.1, 0.15) is 5.76 Å². The molecule has 0 bridgehead atoms. The number of hydrogen-bond acceptors (Lipinski definition) is 5. The van der Waals surface area contributed by atoms with E-state index in [2.05, 4.69) is 42.9 Å². The van der Waals surface area contributed by atoms with Crippen LogP contribution in [0.25, 0.3) is 0 Å². The molecule has 0 saturated carbocycles. The van der Waals surface area contributed by atoms with Crippen LogP contribution in [-0.4, -0.2) is 78.1 Å². The first-order valence-corrected chi connectivity index (χ1v) is 7.97. The molecule has 22 heavy (non-hydrogen) atoms. The molecule has 0 aliphatic carbocycles. The lowest BCUT2D eigenvalue weighted by Crippen LogP contribution is -2.59. The fraction of sp³-hybridized carbons (Fsp3) is 0.750. The van der Waals surface area contributed by atoms with Crippen LogP contribution in [0.3, 0.4) is 0 Å². The Labute approximate surface area is 133 Å². The summed E-state index contributed by atoms with van der Waals surface area (Å²) < 4.78 is 5.03. The lowest BCUT2D eigenvalue weighted by Gasteiger charge is -2.44. The Bertz CT molecular complexity index is 488. The first-order valence-electron chi connectivity index (χ1n) is 7.97. The monoisotopic (exact) mass is 308 g/mol. The number of hydrogen-bond donors (Lipinski definition) is 0. The number of carbonyl (C=O) groups is 1. The van der Waals surface area contributed by atoms with Gasteiger partial charge in [-0.1, -0.05) is 5.16 Å². The molecule has 2 heterocycles. The Morgan fingerprint density at radius 3 is 2.50 bits per heavy atom. The van der Waals surface area contributed by atoms with E-state index >= 15 is 0 Å². The fourth-order valence-corrected chi connectivity index (χ4v) is 3.08. The summed E-state index contributed by atoms with van der Waals surface area (Å²) in [4.78, 5) is 19.1. The zero-order valence-corrected chi connectivity index (χ0v) is 14.4. The molecule has 6 heteroatoms. The highest BCUT2D eigenvalue weighted by Crippen LogP contribution is 2.16.